The Morgan fingerprint density at radius 2 is 2.32 bits per heavy atom. The molecule has 19 heavy (non-hydrogen) atoms. The molecule has 1 aromatic carbocycles. The monoisotopic (exact) mass is 280 g/mol. The highest BCUT2D eigenvalue weighted by atomic mass is 35.5. The van der Waals surface area contributed by atoms with Gasteiger partial charge in [-0.25, -0.2) is 0 Å². The maximum absolute atomic E-state index is 12.5. The molecule has 2 rings (SSSR count). The zero-order valence-corrected chi connectivity index (χ0v) is 12.3. The number of amides is 1. The number of hydrogen-bond acceptors (Lipinski definition) is 2. The average molecular weight is 281 g/mol. The van der Waals surface area contributed by atoms with Gasteiger partial charge in [0, 0.05) is 23.7 Å². The molecule has 1 N–H and O–H groups in total. The van der Waals surface area contributed by atoms with Crippen LogP contribution in [-0.4, -0.2) is 37.5 Å². The Kier molecular flexibility index (Phi) is 4.83. The van der Waals surface area contributed by atoms with Crippen molar-refractivity contribution in [3.8, 4) is 0 Å². The van der Waals surface area contributed by atoms with Gasteiger partial charge in [-0.15, -0.1) is 0 Å². The van der Waals surface area contributed by atoms with Crippen molar-refractivity contribution in [1.82, 2.24) is 10.2 Å². The normalized spacial score (nSPS) is 19.5. The quantitative estimate of drug-likeness (QED) is 0.923. The van der Waals surface area contributed by atoms with E-state index in [4.69, 9.17) is 11.6 Å². The summed E-state index contributed by atoms with van der Waals surface area (Å²) in [5.41, 5.74) is 1.70. The average Bonchev–Trinajstić information content (AvgIpc) is 2.42. The smallest absolute Gasteiger partial charge is 0.253 e. The van der Waals surface area contributed by atoms with Crippen LogP contribution < -0.4 is 5.32 Å². The van der Waals surface area contributed by atoms with E-state index in [2.05, 4.69) is 5.32 Å². The molecular weight excluding hydrogens is 260 g/mol. The fraction of sp³-hybridized carbons (Fsp3) is 0.533. The van der Waals surface area contributed by atoms with Crippen molar-refractivity contribution in [2.45, 2.75) is 19.8 Å². The van der Waals surface area contributed by atoms with Gasteiger partial charge in [0.05, 0.1) is 0 Å². The second kappa shape index (κ2) is 6.40. The van der Waals surface area contributed by atoms with Crippen LogP contribution in [0.15, 0.2) is 18.2 Å². The number of carbonyl (C=O) groups is 1. The Morgan fingerprint density at radius 1 is 1.53 bits per heavy atom. The van der Waals surface area contributed by atoms with Gasteiger partial charge < -0.3 is 10.2 Å². The molecule has 0 aromatic heterocycles. The minimum absolute atomic E-state index is 0.0997. The third-order valence-electron chi connectivity index (χ3n) is 3.72. The second-order valence-corrected chi connectivity index (χ2v) is 5.69. The van der Waals surface area contributed by atoms with Gasteiger partial charge in [-0.2, -0.15) is 0 Å². The molecule has 0 saturated carbocycles. The number of piperidine rings is 1. The summed E-state index contributed by atoms with van der Waals surface area (Å²) in [4.78, 5) is 14.4. The zero-order chi connectivity index (χ0) is 13.8. The van der Waals surface area contributed by atoms with Crippen LogP contribution in [0, 0.1) is 12.8 Å². The standard InChI is InChI=1S/C15H21ClN2O/c1-11-5-6-13(8-14(11)16)15(19)18-7-3-4-12(10-18)9-17-2/h5-6,8,12,17H,3-4,7,9-10H2,1-2H3/t12-/m1/s1. The summed E-state index contributed by atoms with van der Waals surface area (Å²) in [7, 11) is 1.96. The summed E-state index contributed by atoms with van der Waals surface area (Å²) < 4.78 is 0. The molecule has 1 saturated heterocycles. The second-order valence-electron chi connectivity index (χ2n) is 5.28. The lowest BCUT2D eigenvalue weighted by Gasteiger charge is -2.32. The van der Waals surface area contributed by atoms with E-state index >= 15 is 0 Å². The minimum atomic E-state index is 0.0997. The summed E-state index contributed by atoms with van der Waals surface area (Å²) in [6.45, 7) is 4.61. The number of benzene rings is 1. The molecular formula is C15H21ClN2O. The molecule has 0 unspecified atom stereocenters. The first-order valence-corrected chi connectivity index (χ1v) is 7.19. The van der Waals surface area contributed by atoms with E-state index in [0.717, 1.165) is 31.6 Å². The number of likely N-dealkylation sites (tertiary alicyclic amines) is 1. The van der Waals surface area contributed by atoms with E-state index in [1.165, 1.54) is 6.42 Å². The molecule has 1 heterocycles. The van der Waals surface area contributed by atoms with Crippen molar-refractivity contribution in [2.75, 3.05) is 26.7 Å². The first-order chi connectivity index (χ1) is 9.11. The van der Waals surface area contributed by atoms with Crippen LogP contribution in [0.4, 0.5) is 0 Å². The van der Waals surface area contributed by atoms with E-state index in [1.807, 2.05) is 31.0 Å². The summed E-state index contributed by atoms with van der Waals surface area (Å²) in [6.07, 6.45) is 2.27. The molecule has 0 radical (unpaired) electrons. The van der Waals surface area contributed by atoms with Gasteiger partial charge in [0.2, 0.25) is 0 Å². The van der Waals surface area contributed by atoms with Gasteiger partial charge in [-0.3, -0.25) is 4.79 Å². The van der Waals surface area contributed by atoms with Crippen LogP contribution in [0.1, 0.15) is 28.8 Å². The molecule has 1 aliphatic rings. The maximum atomic E-state index is 12.5. The van der Waals surface area contributed by atoms with Crippen LogP contribution in [0.25, 0.3) is 0 Å². The van der Waals surface area contributed by atoms with Gasteiger partial charge in [-0.1, -0.05) is 17.7 Å². The summed E-state index contributed by atoms with van der Waals surface area (Å²) >= 11 is 6.09. The number of carbonyl (C=O) groups excluding carboxylic acids is 1. The van der Waals surface area contributed by atoms with Crippen molar-refractivity contribution in [2.24, 2.45) is 5.92 Å². The molecule has 1 aromatic rings. The number of aryl methyl sites for hydroxylation is 1. The molecule has 0 spiro atoms. The predicted molar refractivity (Wildman–Crippen MR) is 78.7 cm³/mol. The van der Waals surface area contributed by atoms with Gasteiger partial charge in [0.25, 0.3) is 5.91 Å². The highest BCUT2D eigenvalue weighted by molar-refractivity contribution is 6.31. The highest BCUT2D eigenvalue weighted by Crippen LogP contribution is 2.21. The van der Waals surface area contributed by atoms with Gasteiger partial charge >= 0.3 is 0 Å². The zero-order valence-electron chi connectivity index (χ0n) is 11.6. The fourth-order valence-corrected chi connectivity index (χ4v) is 2.79. The van der Waals surface area contributed by atoms with Crippen LogP contribution in [-0.2, 0) is 0 Å². The largest absolute Gasteiger partial charge is 0.338 e. The van der Waals surface area contributed by atoms with Crippen molar-refractivity contribution in [3.05, 3.63) is 34.3 Å². The topological polar surface area (TPSA) is 32.3 Å². The number of halogens is 1. The van der Waals surface area contributed by atoms with Crippen LogP contribution in [0.2, 0.25) is 5.02 Å². The molecule has 4 heteroatoms. The first kappa shape index (κ1) is 14.4. The van der Waals surface area contributed by atoms with E-state index < -0.39 is 0 Å². The van der Waals surface area contributed by atoms with Gasteiger partial charge in [-0.05, 0) is 57.0 Å². The van der Waals surface area contributed by atoms with Gasteiger partial charge in [0.15, 0.2) is 0 Å². The fourth-order valence-electron chi connectivity index (χ4n) is 2.61. The van der Waals surface area contributed by atoms with Crippen LogP contribution >= 0.6 is 11.6 Å². The molecule has 1 aliphatic heterocycles. The molecule has 1 amide bonds. The number of nitrogens with zero attached hydrogens (tertiary/aromatic N) is 1. The number of nitrogens with one attached hydrogen (secondary N) is 1. The Balaban J connectivity index is 2.08. The number of rotatable bonds is 3. The minimum Gasteiger partial charge on any atom is -0.338 e. The molecule has 104 valence electrons. The van der Waals surface area contributed by atoms with Crippen molar-refractivity contribution in [3.63, 3.8) is 0 Å². The molecule has 1 fully saturated rings. The van der Waals surface area contributed by atoms with Crippen molar-refractivity contribution in [1.29, 1.82) is 0 Å². The molecule has 0 aliphatic carbocycles. The van der Waals surface area contributed by atoms with Gasteiger partial charge in [0.1, 0.15) is 0 Å². The SMILES string of the molecule is CNC[C@H]1CCCN(C(=O)c2ccc(C)c(Cl)c2)C1. The van der Waals surface area contributed by atoms with E-state index in [-0.39, 0.29) is 5.91 Å². The van der Waals surface area contributed by atoms with E-state index in [9.17, 15) is 4.79 Å². The maximum Gasteiger partial charge on any atom is 0.253 e. The lowest BCUT2D eigenvalue weighted by atomic mass is 9.97. The third-order valence-corrected chi connectivity index (χ3v) is 4.12. The van der Waals surface area contributed by atoms with E-state index in [1.54, 1.807) is 6.07 Å². The molecule has 1 atom stereocenters. The first-order valence-electron chi connectivity index (χ1n) is 6.82. The summed E-state index contributed by atoms with van der Waals surface area (Å²) in [6, 6.07) is 5.55. The van der Waals surface area contributed by atoms with Crippen molar-refractivity contribution < 1.29 is 4.79 Å². The lowest BCUT2D eigenvalue weighted by Crippen LogP contribution is -2.42. The Morgan fingerprint density at radius 3 is 3.00 bits per heavy atom. The summed E-state index contributed by atoms with van der Waals surface area (Å²) in [5.74, 6) is 0.659. The summed E-state index contributed by atoms with van der Waals surface area (Å²) in [5, 5.41) is 3.86. The molecule has 0 bridgehead atoms. The number of hydrogen-bond donors (Lipinski definition) is 1. The Bertz CT molecular complexity index is 459. The molecule has 3 nitrogen and oxygen atoms in total. The van der Waals surface area contributed by atoms with Crippen LogP contribution in [0.5, 0.6) is 0 Å². The van der Waals surface area contributed by atoms with E-state index in [0.29, 0.717) is 16.5 Å². The van der Waals surface area contributed by atoms with Crippen molar-refractivity contribution >= 4 is 17.5 Å². The lowest BCUT2D eigenvalue weighted by molar-refractivity contribution is 0.0674. The third kappa shape index (κ3) is 3.48. The highest BCUT2D eigenvalue weighted by Gasteiger charge is 2.24. The Hall–Kier alpha value is -1.06. The van der Waals surface area contributed by atoms with Crippen LogP contribution in [0.3, 0.4) is 0 Å². The Labute approximate surface area is 119 Å². The predicted octanol–water partition coefficient (Wildman–Crippen LogP) is 2.72.